The zero-order valence-electron chi connectivity index (χ0n) is 10.7. The van der Waals surface area contributed by atoms with Crippen LogP contribution in [0.4, 0.5) is 0 Å². The van der Waals surface area contributed by atoms with E-state index in [1.54, 1.807) is 4.90 Å². The van der Waals surface area contributed by atoms with E-state index in [-0.39, 0.29) is 0 Å². The predicted molar refractivity (Wildman–Crippen MR) is 73.9 cm³/mol. The third-order valence-electron chi connectivity index (χ3n) is 4.00. The molecule has 18 heavy (non-hydrogen) atoms. The average Bonchev–Trinajstić information content (AvgIpc) is 2.43. The number of benzene rings is 2. The fourth-order valence-corrected chi connectivity index (χ4v) is 2.99. The number of aromatic hydroxyl groups is 1. The number of phenols is 1. The molecule has 0 atom stereocenters. The van der Waals surface area contributed by atoms with Crippen molar-refractivity contribution in [1.29, 1.82) is 0 Å². The molecular formula is C16H20NO+. The van der Waals surface area contributed by atoms with Crippen LogP contribution in [0.25, 0.3) is 10.8 Å². The van der Waals surface area contributed by atoms with Gasteiger partial charge in [-0.3, -0.25) is 0 Å². The van der Waals surface area contributed by atoms with Crippen molar-refractivity contribution in [1.82, 2.24) is 0 Å². The minimum atomic E-state index is 0.451. The Bertz CT molecular complexity index is 544. The number of quaternary nitrogens is 1. The first-order valence-corrected chi connectivity index (χ1v) is 6.88. The van der Waals surface area contributed by atoms with Crippen molar-refractivity contribution in [2.75, 3.05) is 13.1 Å². The highest BCUT2D eigenvalue weighted by atomic mass is 16.3. The summed E-state index contributed by atoms with van der Waals surface area (Å²) in [5.41, 5.74) is 1.12. The smallest absolute Gasteiger partial charge is 0.125 e. The first-order chi connectivity index (χ1) is 8.84. The highest BCUT2D eigenvalue weighted by molar-refractivity contribution is 5.87. The topological polar surface area (TPSA) is 24.7 Å². The van der Waals surface area contributed by atoms with Crippen LogP contribution in [0.15, 0.2) is 36.4 Å². The van der Waals surface area contributed by atoms with Crippen LogP contribution in [-0.2, 0) is 6.54 Å². The monoisotopic (exact) mass is 242 g/mol. The van der Waals surface area contributed by atoms with E-state index in [1.165, 1.54) is 43.1 Å². The molecule has 0 saturated carbocycles. The Labute approximate surface area is 108 Å². The van der Waals surface area contributed by atoms with Crippen LogP contribution in [0.3, 0.4) is 0 Å². The fourth-order valence-electron chi connectivity index (χ4n) is 2.99. The van der Waals surface area contributed by atoms with Crippen molar-refractivity contribution >= 4 is 10.8 Å². The van der Waals surface area contributed by atoms with Gasteiger partial charge in [-0.1, -0.05) is 30.3 Å². The van der Waals surface area contributed by atoms with E-state index < -0.39 is 0 Å². The number of likely N-dealkylation sites (tertiary alicyclic amines) is 1. The third kappa shape index (κ3) is 2.21. The number of piperidine rings is 1. The SMILES string of the molecule is Oc1ccc2ccccc2c1C[NH+]1CCCCC1. The molecule has 1 aliphatic rings. The zero-order chi connectivity index (χ0) is 12.4. The molecule has 2 nitrogen and oxygen atoms in total. The van der Waals surface area contributed by atoms with Gasteiger partial charge in [0.05, 0.1) is 18.7 Å². The number of nitrogens with one attached hydrogen (secondary N) is 1. The van der Waals surface area contributed by atoms with Crippen LogP contribution in [0, 0.1) is 0 Å². The maximum absolute atomic E-state index is 10.1. The predicted octanol–water partition coefficient (Wildman–Crippen LogP) is 2.11. The summed E-state index contributed by atoms with van der Waals surface area (Å²) in [7, 11) is 0. The summed E-state index contributed by atoms with van der Waals surface area (Å²) in [5, 5.41) is 12.6. The minimum Gasteiger partial charge on any atom is -0.507 e. The van der Waals surface area contributed by atoms with Gasteiger partial charge in [0.25, 0.3) is 0 Å². The van der Waals surface area contributed by atoms with Gasteiger partial charge in [-0.15, -0.1) is 0 Å². The largest absolute Gasteiger partial charge is 0.507 e. The van der Waals surface area contributed by atoms with Crippen molar-refractivity contribution < 1.29 is 10.0 Å². The van der Waals surface area contributed by atoms with Gasteiger partial charge in [-0.2, -0.15) is 0 Å². The first-order valence-electron chi connectivity index (χ1n) is 6.88. The highest BCUT2D eigenvalue weighted by Crippen LogP contribution is 2.26. The van der Waals surface area contributed by atoms with Gasteiger partial charge in [-0.05, 0) is 36.1 Å². The van der Waals surface area contributed by atoms with Crippen LogP contribution in [0.1, 0.15) is 24.8 Å². The molecule has 0 aliphatic carbocycles. The van der Waals surface area contributed by atoms with Crippen molar-refractivity contribution in [2.24, 2.45) is 0 Å². The second kappa shape index (κ2) is 4.99. The van der Waals surface area contributed by atoms with Crippen LogP contribution in [0.2, 0.25) is 0 Å². The summed E-state index contributed by atoms with van der Waals surface area (Å²) in [6.45, 7) is 3.43. The molecule has 0 aromatic heterocycles. The molecule has 1 heterocycles. The van der Waals surface area contributed by atoms with E-state index in [1.807, 2.05) is 12.1 Å². The van der Waals surface area contributed by atoms with Crippen LogP contribution < -0.4 is 4.90 Å². The lowest BCUT2D eigenvalue weighted by Gasteiger charge is -2.24. The molecule has 2 aromatic rings. The van der Waals surface area contributed by atoms with Crippen LogP contribution >= 0.6 is 0 Å². The zero-order valence-corrected chi connectivity index (χ0v) is 10.7. The molecule has 0 spiro atoms. The highest BCUT2D eigenvalue weighted by Gasteiger charge is 2.17. The van der Waals surface area contributed by atoms with E-state index in [0.29, 0.717) is 5.75 Å². The Morgan fingerprint density at radius 2 is 1.72 bits per heavy atom. The molecule has 1 saturated heterocycles. The Balaban J connectivity index is 1.96. The van der Waals surface area contributed by atoms with Crippen molar-refractivity contribution in [3.63, 3.8) is 0 Å². The standard InChI is InChI=1S/C16H19NO/c18-16-9-8-13-6-2-3-7-14(13)15(16)12-17-10-4-1-5-11-17/h2-3,6-9,18H,1,4-5,10-12H2/p+1. The Morgan fingerprint density at radius 1 is 0.944 bits per heavy atom. The lowest BCUT2D eigenvalue weighted by atomic mass is 10.0. The van der Waals surface area contributed by atoms with Crippen molar-refractivity contribution in [3.8, 4) is 5.75 Å². The quantitative estimate of drug-likeness (QED) is 0.828. The maximum Gasteiger partial charge on any atom is 0.125 e. The third-order valence-corrected chi connectivity index (χ3v) is 4.00. The summed E-state index contributed by atoms with van der Waals surface area (Å²) >= 11 is 0. The number of phenolic OH excluding ortho intramolecular Hbond substituents is 1. The summed E-state index contributed by atoms with van der Waals surface area (Å²) in [6, 6.07) is 12.2. The molecule has 0 radical (unpaired) electrons. The van der Waals surface area contributed by atoms with Crippen LogP contribution in [-0.4, -0.2) is 18.2 Å². The van der Waals surface area contributed by atoms with Gasteiger partial charge < -0.3 is 10.0 Å². The van der Waals surface area contributed by atoms with E-state index in [9.17, 15) is 5.11 Å². The van der Waals surface area contributed by atoms with Crippen LogP contribution in [0.5, 0.6) is 5.75 Å². The van der Waals surface area contributed by atoms with Crippen molar-refractivity contribution in [2.45, 2.75) is 25.8 Å². The molecule has 3 rings (SSSR count). The summed E-state index contributed by atoms with van der Waals surface area (Å²) in [5.74, 6) is 0.451. The average molecular weight is 242 g/mol. The molecule has 0 amide bonds. The molecule has 0 unspecified atom stereocenters. The van der Waals surface area contributed by atoms with Gasteiger partial charge in [0.1, 0.15) is 12.3 Å². The van der Waals surface area contributed by atoms with Gasteiger partial charge in [-0.25, -0.2) is 0 Å². The lowest BCUT2D eigenvalue weighted by Crippen LogP contribution is -3.11. The van der Waals surface area contributed by atoms with Gasteiger partial charge in [0.15, 0.2) is 0 Å². The minimum absolute atomic E-state index is 0.451. The molecule has 2 N–H and O–H groups in total. The van der Waals surface area contributed by atoms with E-state index >= 15 is 0 Å². The summed E-state index contributed by atoms with van der Waals surface area (Å²) in [4.78, 5) is 1.60. The molecule has 94 valence electrons. The Kier molecular flexibility index (Phi) is 3.20. The second-order valence-corrected chi connectivity index (χ2v) is 5.27. The molecule has 0 bridgehead atoms. The summed E-state index contributed by atoms with van der Waals surface area (Å²) in [6.07, 6.45) is 4.01. The van der Waals surface area contributed by atoms with Gasteiger partial charge in [0.2, 0.25) is 0 Å². The normalized spacial score (nSPS) is 17.1. The Morgan fingerprint density at radius 3 is 2.56 bits per heavy atom. The number of hydrogen-bond acceptors (Lipinski definition) is 1. The maximum atomic E-state index is 10.1. The number of hydrogen-bond donors (Lipinski definition) is 2. The molecule has 2 heteroatoms. The summed E-state index contributed by atoms with van der Waals surface area (Å²) < 4.78 is 0. The van der Waals surface area contributed by atoms with Gasteiger partial charge in [0, 0.05) is 0 Å². The molecule has 1 fully saturated rings. The Hall–Kier alpha value is -1.54. The van der Waals surface area contributed by atoms with E-state index in [4.69, 9.17) is 0 Å². The second-order valence-electron chi connectivity index (χ2n) is 5.27. The first kappa shape index (κ1) is 11.5. The van der Waals surface area contributed by atoms with Gasteiger partial charge >= 0.3 is 0 Å². The van der Waals surface area contributed by atoms with E-state index in [0.717, 1.165) is 12.1 Å². The number of fused-ring (bicyclic) bond motifs is 1. The van der Waals surface area contributed by atoms with Crippen molar-refractivity contribution in [3.05, 3.63) is 42.0 Å². The number of rotatable bonds is 2. The lowest BCUT2D eigenvalue weighted by molar-refractivity contribution is -0.918. The molecular weight excluding hydrogens is 222 g/mol. The molecule has 2 aromatic carbocycles. The fraction of sp³-hybridized carbons (Fsp3) is 0.375. The van der Waals surface area contributed by atoms with E-state index in [2.05, 4.69) is 24.3 Å². The molecule has 1 aliphatic heterocycles.